The zero-order chi connectivity index (χ0) is 24.6. The molecule has 2 saturated heterocycles. The van der Waals surface area contributed by atoms with E-state index in [4.69, 9.17) is 9.26 Å². The Kier molecular flexibility index (Phi) is 9.53. The number of piperazine rings is 1. The van der Waals surface area contributed by atoms with Crippen LogP contribution in [0.4, 0.5) is 5.88 Å². The second-order valence-electron chi connectivity index (χ2n) is 10.1. The second-order valence-corrected chi connectivity index (χ2v) is 10.1. The smallest absolute Gasteiger partial charge is 0.232 e. The molecule has 2 aliphatic heterocycles. The summed E-state index contributed by atoms with van der Waals surface area (Å²) in [4.78, 5) is 11.5. The monoisotopic (exact) mass is 486 g/mol. The van der Waals surface area contributed by atoms with Crippen molar-refractivity contribution in [1.82, 2.24) is 24.8 Å². The molecule has 3 heterocycles. The lowest BCUT2D eigenvalue weighted by atomic mass is 10.1. The highest BCUT2D eigenvalue weighted by Crippen LogP contribution is 2.33. The molecule has 0 amide bonds. The summed E-state index contributed by atoms with van der Waals surface area (Å²) in [5, 5.41) is 15.6. The van der Waals surface area contributed by atoms with E-state index in [9.17, 15) is 5.11 Å². The number of rotatable bonds is 11. The Bertz CT molecular complexity index is 878. The first-order valence-corrected chi connectivity index (χ1v) is 12.8. The Morgan fingerprint density at radius 2 is 1.71 bits per heavy atom. The number of morpholine rings is 1. The maximum Gasteiger partial charge on any atom is 0.232 e. The van der Waals surface area contributed by atoms with Gasteiger partial charge in [0.15, 0.2) is 0 Å². The van der Waals surface area contributed by atoms with Gasteiger partial charge in [-0.3, -0.25) is 9.80 Å². The van der Waals surface area contributed by atoms with Crippen LogP contribution in [0.25, 0.3) is 11.3 Å². The molecule has 1 atom stereocenters. The van der Waals surface area contributed by atoms with Crippen molar-refractivity contribution in [3.8, 4) is 11.3 Å². The van der Waals surface area contributed by atoms with E-state index in [-0.39, 0.29) is 0 Å². The van der Waals surface area contributed by atoms with Crippen molar-refractivity contribution in [2.24, 2.45) is 0 Å². The van der Waals surface area contributed by atoms with Gasteiger partial charge in [-0.25, -0.2) is 0 Å². The SMILES string of the molecule is CN(C)CCN(Cc1c(-c2ccccc2)noc1N1CCN(C)CC1)C[C@H](O)CN1CCOCC1. The number of hydrogen-bond donors (Lipinski definition) is 1. The molecule has 0 spiro atoms. The summed E-state index contributed by atoms with van der Waals surface area (Å²) in [5.41, 5.74) is 3.07. The third-order valence-corrected chi connectivity index (χ3v) is 6.89. The molecule has 2 fully saturated rings. The van der Waals surface area contributed by atoms with Gasteiger partial charge in [-0.2, -0.15) is 0 Å². The summed E-state index contributed by atoms with van der Waals surface area (Å²) in [6.45, 7) is 10.8. The van der Waals surface area contributed by atoms with Crippen molar-refractivity contribution in [1.29, 1.82) is 0 Å². The van der Waals surface area contributed by atoms with E-state index in [1.54, 1.807) is 0 Å². The van der Waals surface area contributed by atoms with Crippen molar-refractivity contribution in [2.75, 3.05) is 105 Å². The zero-order valence-corrected chi connectivity index (χ0v) is 21.6. The van der Waals surface area contributed by atoms with Crippen LogP contribution in [0, 0.1) is 0 Å². The van der Waals surface area contributed by atoms with Crippen LogP contribution in [0.1, 0.15) is 5.56 Å². The van der Waals surface area contributed by atoms with Gasteiger partial charge in [-0.15, -0.1) is 0 Å². The van der Waals surface area contributed by atoms with Gasteiger partial charge in [0.25, 0.3) is 0 Å². The normalized spacial score (nSPS) is 19.1. The molecule has 4 rings (SSSR count). The quantitative estimate of drug-likeness (QED) is 0.504. The number of anilines is 1. The Hall–Kier alpha value is -2.01. The number of aliphatic hydroxyl groups is 1. The maximum atomic E-state index is 11.0. The average Bonchev–Trinajstić information content (AvgIpc) is 3.27. The fourth-order valence-corrected chi connectivity index (χ4v) is 4.76. The molecule has 1 N–H and O–H groups in total. The van der Waals surface area contributed by atoms with Crippen LogP contribution in [0.2, 0.25) is 0 Å². The van der Waals surface area contributed by atoms with Gasteiger partial charge in [0.2, 0.25) is 5.88 Å². The van der Waals surface area contributed by atoms with Gasteiger partial charge >= 0.3 is 0 Å². The topological polar surface area (TPSA) is 71.7 Å². The van der Waals surface area contributed by atoms with E-state index >= 15 is 0 Å². The van der Waals surface area contributed by atoms with Gasteiger partial charge in [-0.1, -0.05) is 35.5 Å². The van der Waals surface area contributed by atoms with Gasteiger partial charge in [0, 0.05) is 77.6 Å². The molecule has 0 unspecified atom stereocenters. The fraction of sp³-hybridized carbons (Fsp3) is 0.654. The first kappa shape index (κ1) is 26.1. The average molecular weight is 487 g/mol. The Morgan fingerprint density at radius 3 is 2.40 bits per heavy atom. The molecule has 1 aromatic heterocycles. The molecule has 9 nitrogen and oxygen atoms in total. The van der Waals surface area contributed by atoms with Crippen LogP contribution in [0.3, 0.4) is 0 Å². The first-order valence-electron chi connectivity index (χ1n) is 12.8. The van der Waals surface area contributed by atoms with Crippen molar-refractivity contribution in [3.63, 3.8) is 0 Å². The molecule has 35 heavy (non-hydrogen) atoms. The van der Waals surface area contributed by atoms with E-state index in [0.29, 0.717) is 19.6 Å². The third-order valence-electron chi connectivity index (χ3n) is 6.89. The highest BCUT2D eigenvalue weighted by atomic mass is 16.5. The van der Waals surface area contributed by atoms with Crippen LogP contribution in [-0.4, -0.2) is 136 Å². The van der Waals surface area contributed by atoms with Crippen molar-refractivity contribution < 1.29 is 14.4 Å². The molecule has 0 radical (unpaired) electrons. The summed E-state index contributed by atoms with van der Waals surface area (Å²) in [5.74, 6) is 0.870. The van der Waals surface area contributed by atoms with Gasteiger partial charge in [-0.05, 0) is 21.1 Å². The number of aliphatic hydroxyl groups excluding tert-OH is 1. The maximum absolute atomic E-state index is 11.0. The van der Waals surface area contributed by atoms with Crippen LogP contribution < -0.4 is 4.90 Å². The van der Waals surface area contributed by atoms with Crippen LogP contribution >= 0.6 is 0 Å². The lowest BCUT2D eigenvalue weighted by molar-refractivity contribution is 0.00588. The first-order chi connectivity index (χ1) is 17.0. The van der Waals surface area contributed by atoms with E-state index < -0.39 is 6.10 Å². The second kappa shape index (κ2) is 12.8. The van der Waals surface area contributed by atoms with Crippen LogP contribution in [0.15, 0.2) is 34.9 Å². The molecule has 2 aromatic rings. The van der Waals surface area contributed by atoms with E-state index in [0.717, 1.165) is 88.3 Å². The highest BCUT2D eigenvalue weighted by Gasteiger charge is 2.27. The number of β-amino-alcohol motifs (C(OH)–C–C–N with tert-alkyl or cyclic N) is 1. The summed E-state index contributed by atoms with van der Waals surface area (Å²) < 4.78 is 11.5. The lowest BCUT2D eigenvalue weighted by Gasteiger charge is -2.34. The molecule has 1 aromatic carbocycles. The minimum atomic E-state index is -0.428. The van der Waals surface area contributed by atoms with Crippen molar-refractivity contribution in [2.45, 2.75) is 12.6 Å². The van der Waals surface area contributed by atoms with E-state index in [1.165, 1.54) is 0 Å². The number of benzene rings is 1. The molecular weight excluding hydrogens is 444 g/mol. The van der Waals surface area contributed by atoms with E-state index in [1.807, 2.05) is 18.2 Å². The third kappa shape index (κ3) is 7.49. The summed E-state index contributed by atoms with van der Waals surface area (Å²) >= 11 is 0. The van der Waals surface area contributed by atoms with Crippen molar-refractivity contribution >= 4 is 5.88 Å². The molecule has 0 saturated carbocycles. The number of ether oxygens (including phenoxy) is 1. The van der Waals surface area contributed by atoms with Crippen LogP contribution in [0.5, 0.6) is 0 Å². The molecule has 194 valence electrons. The summed E-state index contributed by atoms with van der Waals surface area (Å²) in [7, 11) is 6.34. The Balaban J connectivity index is 1.55. The molecule has 9 heteroatoms. The Morgan fingerprint density at radius 1 is 1.00 bits per heavy atom. The van der Waals surface area contributed by atoms with Gasteiger partial charge < -0.3 is 29.1 Å². The molecular formula is C26H42N6O3. The number of hydrogen-bond acceptors (Lipinski definition) is 9. The minimum absolute atomic E-state index is 0.428. The van der Waals surface area contributed by atoms with Gasteiger partial charge in [0.1, 0.15) is 5.69 Å². The van der Waals surface area contributed by atoms with Gasteiger partial charge in [0.05, 0.1) is 24.9 Å². The minimum Gasteiger partial charge on any atom is -0.390 e. The zero-order valence-electron chi connectivity index (χ0n) is 21.6. The predicted octanol–water partition coefficient (Wildman–Crippen LogP) is 1.15. The number of likely N-dealkylation sites (N-methyl/N-ethyl adjacent to an activating group) is 2. The standard InChI is InChI=1S/C26H42N6O3/c1-28(2)9-12-31(20-23(33)19-30-15-17-34-18-16-30)21-24-25(22-7-5-4-6-8-22)27-35-26(24)32-13-10-29(3)11-14-32/h4-8,23,33H,9-21H2,1-3H3/t23-/m1/s1. The summed E-state index contributed by atoms with van der Waals surface area (Å²) in [6, 6.07) is 10.3. The fourth-order valence-electron chi connectivity index (χ4n) is 4.76. The predicted molar refractivity (Wildman–Crippen MR) is 139 cm³/mol. The lowest BCUT2D eigenvalue weighted by Crippen LogP contribution is -2.46. The molecule has 0 aliphatic carbocycles. The largest absolute Gasteiger partial charge is 0.390 e. The van der Waals surface area contributed by atoms with Crippen molar-refractivity contribution in [3.05, 3.63) is 35.9 Å². The Labute approximate surface area is 209 Å². The van der Waals surface area contributed by atoms with E-state index in [2.05, 4.69) is 62.9 Å². The number of aromatic nitrogens is 1. The highest BCUT2D eigenvalue weighted by molar-refractivity contribution is 5.68. The molecule has 0 bridgehead atoms. The number of nitrogens with zero attached hydrogens (tertiary/aromatic N) is 6. The van der Waals surface area contributed by atoms with Crippen LogP contribution in [-0.2, 0) is 11.3 Å². The molecule has 2 aliphatic rings. The summed E-state index contributed by atoms with van der Waals surface area (Å²) in [6.07, 6.45) is -0.428.